The highest BCUT2D eigenvalue weighted by molar-refractivity contribution is 9.09. The minimum absolute atomic E-state index is 0.325. The Balaban J connectivity index is 0. The summed E-state index contributed by atoms with van der Waals surface area (Å²) in [5.74, 6) is -0.325. The average Bonchev–Trinajstić information content (AvgIpc) is 1.98. The van der Waals surface area contributed by atoms with Crippen molar-refractivity contribution in [1.29, 1.82) is 0 Å². The Hall–Kier alpha value is -0.350. The van der Waals surface area contributed by atoms with Crippen molar-refractivity contribution in [3.63, 3.8) is 0 Å². The van der Waals surface area contributed by atoms with Gasteiger partial charge in [0.1, 0.15) is 6.61 Å². The molecule has 0 aliphatic carbocycles. The van der Waals surface area contributed by atoms with Crippen LogP contribution in [0.1, 0.15) is 6.92 Å². The summed E-state index contributed by atoms with van der Waals surface area (Å²) in [5.41, 5.74) is 0.441. The first-order valence-corrected chi connectivity index (χ1v) is 5.03. The van der Waals surface area contributed by atoms with E-state index >= 15 is 0 Å². The molecule has 0 aromatic heterocycles. The van der Waals surface area contributed by atoms with Crippen LogP contribution in [-0.4, -0.2) is 43.9 Å². The van der Waals surface area contributed by atoms with Gasteiger partial charge in [-0.2, -0.15) is 0 Å². The minimum atomic E-state index is -0.325. The standard InChI is InChI=1S/C6H9BrO2.C3H9N/c1-5(2)6(8)9-4-3-7;1-4(2)3/h1,3-4H2,2H3;1-3H3. The Kier molecular flexibility index (Phi) is 11.3. The summed E-state index contributed by atoms with van der Waals surface area (Å²) in [6.45, 7) is 5.45. The molecule has 0 saturated heterocycles. The first kappa shape index (κ1) is 15.1. The summed E-state index contributed by atoms with van der Waals surface area (Å²) in [6, 6.07) is 0. The van der Waals surface area contributed by atoms with Crippen molar-refractivity contribution in [2.45, 2.75) is 6.92 Å². The maximum absolute atomic E-state index is 10.6. The van der Waals surface area contributed by atoms with Crippen LogP contribution in [0.5, 0.6) is 0 Å². The van der Waals surface area contributed by atoms with Gasteiger partial charge in [-0.1, -0.05) is 22.5 Å². The van der Waals surface area contributed by atoms with Gasteiger partial charge in [0.15, 0.2) is 0 Å². The molecule has 0 aliphatic rings. The molecule has 0 radical (unpaired) electrons. The lowest BCUT2D eigenvalue weighted by molar-refractivity contribution is -0.138. The Morgan fingerprint density at radius 3 is 2.08 bits per heavy atom. The Labute approximate surface area is 88.9 Å². The maximum atomic E-state index is 10.6. The van der Waals surface area contributed by atoms with Gasteiger partial charge >= 0.3 is 5.97 Å². The zero-order chi connectivity index (χ0) is 10.9. The van der Waals surface area contributed by atoms with Crippen LogP contribution in [0.25, 0.3) is 0 Å². The van der Waals surface area contributed by atoms with Crippen LogP contribution in [0.15, 0.2) is 12.2 Å². The predicted molar refractivity (Wildman–Crippen MR) is 59.2 cm³/mol. The van der Waals surface area contributed by atoms with E-state index < -0.39 is 0 Å². The van der Waals surface area contributed by atoms with E-state index in [4.69, 9.17) is 0 Å². The molecule has 78 valence electrons. The van der Waals surface area contributed by atoms with Gasteiger partial charge in [0, 0.05) is 10.9 Å². The number of esters is 1. The largest absolute Gasteiger partial charge is 0.461 e. The molecular formula is C9H18BrNO2. The quantitative estimate of drug-likeness (QED) is 0.435. The van der Waals surface area contributed by atoms with Crippen LogP contribution < -0.4 is 0 Å². The second-order valence-electron chi connectivity index (χ2n) is 2.95. The third kappa shape index (κ3) is 18.5. The van der Waals surface area contributed by atoms with Gasteiger partial charge < -0.3 is 9.64 Å². The third-order valence-corrected chi connectivity index (χ3v) is 0.983. The van der Waals surface area contributed by atoms with Crippen molar-refractivity contribution in [1.82, 2.24) is 4.90 Å². The summed E-state index contributed by atoms with van der Waals surface area (Å²) < 4.78 is 4.67. The number of hydrogen-bond acceptors (Lipinski definition) is 3. The first-order valence-electron chi connectivity index (χ1n) is 3.91. The second kappa shape index (κ2) is 9.74. The maximum Gasteiger partial charge on any atom is 0.333 e. The van der Waals surface area contributed by atoms with E-state index in [1.165, 1.54) is 0 Å². The van der Waals surface area contributed by atoms with Crippen molar-refractivity contribution < 1.29 is 9.53 Å². The summed E-state index contributed by atoms with van der Waals surface area (Å²) >= 11 is 3.12. The highest BCUT2D eigenvalue weighted by Gasteiger charge is 1.99. The number of carbonyl (C=O) groups excluding carboxylic acids is 1. The number of ether oxygens (including phenoxy) is 1. The lowest BCUT2D eigenvalue weighted by Gasteiger charge is -1.98. The molecule has 0 atom stereocenters. The average molecular weight is 252 g/mol. The molecule has 0 spiro atoms. The monoisotopic (exact) mass is 251 g/mol. The van der Waals surface area contributed by atoms with E-state index in [0.29, 0.717) is 17.5 Å². The molecule has 0 heterocycles. The van der Waals surface area contributed by atoms with Crippen molar-refractivity contribution in [3.8, 4) is 0 Å². The molecule has 0 fully saturated rings. The number of hydrogen-bond donors (Lipinski definition) is 0. The smallest absolute Gasteiger partial charge is 0.333 e. The minimum Gasteiger partial charge on any atom is -0.461 e. The highest BCUT2D eigenvalue weighted by Crippen LogP contribution is 1.92. The molecule has 13 heavy (non-hydrogen) atoms. The van der Waals surface area contributed by atoms with E-state index in [2.05, 4.69) is 27.2 Å². The Morgan fingerprint density at radius 1 is 1.46 bits per heavy atom. The fourth-order valence-electron chi connectivity index (χ4n) is 0.254. The lowest BCUT2D eigenvalue weighted by Crippen LogP contribution is -2.06. The topological polar surface area (TPSA) is 29.5 Å². The van der Waals surface area contributed by atoms with Crippen LogP contribution >= 0.6 is 15.9 Å². The van der Waals surface area contributed by atoms with Gasteiger partial charge in [-0.05, 0) is 28.1 Å². The number of nitrogens with zero attached hydrogens (tertiary/aromatic N) is 1. The van der Waals surface area contributed by atoms with Crippen LogP contribution in [0.2, 0.25) is 0 Å². The van der Waals surface area contributed by atoms with Crippen molar-refractivity contribution >= 4 is 21.9 Å². The molecule has 4 heteroatoms. The zero-order valence-corrected chi connectivity index (χ0v) is 10.3. The fourth-order valence-corrected chi connectivity index (χ4v) is 0.416. The van der Waals surface area contributed by atoms with Gasteiger partial charge in [-0.15, -0.1) is 0 Å². The Bertz CT molecular complexity index is 155. The number of alkyl halides is 1. The van der Waals surface area contributed by atoms with E-state index in [1.54, 1.807) is 6.92 Å². The first-order chi connectivity index (χ1) is 5.91. The molecule has 0 rings (SSSR count). The molecular weight excluding hydrogens is 234 g/mol. The summed E-state index contributed by atoms with van der Waals surface area (Å²) in [6.07, 6.45) is 0. The number of carbonyl (C=O) groups is 1. The van der Waals surface area contributed by atoms with Crippen LogP contribution in [0.4, 0.5) is 0 Å². The van der Waals surface area contributed by atoms with Crippen molar-refractivity contribution in [2.24, 2.45) is 0 Å². The van der Waals surface area contributed by atoms with Crippen molar-refractivity contribution in [2.75, 3.05) is 33.1 Å². The zero-order valence-electron chi connectivity index (χ0n) is 8.76. The highest BCUT2D eigenvalue weighted by atomic mass is 79.9. The molecule has 3 nitrogen and oxygen atoms in total. The van der Waals surface area contributed by atoms with Gasteiger partial charge in [0.25, 0.3) is 0 Å². The van der Waals surface area contributed by atoms with E-state index in [0.717, 1.165) is 0 Å². The molecule has 0 aliphatic heterocycles. The van der Waals surface area contributed by atoms with E-state index in [1.807, 2.05) is 26.0 Å². The van der Waals surface area contributed by atoms with Gasteiger partial charge in [-0.25, -0.2) is 4.79 Å². The summed E-state index contributed by atoms with van der Waals surface area (Å²) in [5, 5.41) is 0.673. The molecule has 0 bridgehead atoms. The van der Waals surface area contributed by atoms with Gasteiger partial charge in [0.2, 0.25) is 0 Å². The SMILES string of the molecule is C=C(C)C(=O)OCCBr.CN(C)C. The van der Waals surface area contributed by atoms with Crippen molar-refractivity contribution in [3.05, 3.63) is 12.2 Å². The molecule has 0 saturated carbocycles. The lowest BCUT2D eigenvalue weighted by atomic mass is 10.4. The molecule has 0 unspecified atom stereocenters. The van der Waals surface area contributed by atoms with E-state index in [9.17, 15) is 4.79 Å². The third-order valence-electron chi connectivity index (χ3n) is 0.659. The van der Waals surface area contributed by atoms with Crippen LogP contribution in [-0.2, 0) is 9.53 Å². The second-order valence-corrected chi connectivity index (χ2v) is 3.74. The molecule has 0 N–H and O–H groups in total. The normalized spacial score (nSPS) is 8.77. The van der Waals surface area contributed by atoms with Gasteiger partial charge in [0.05, 0.1) is 0 Å². The van der Waals surface area contributed by atoms with Crippen LogP contribution in [0, 0.1) is 0 Å². The predicted octanol–water partition coefficient (Wildman–Crippen LogP) is 1.68. The number of rotatable bonds is 3. The summed E-state index contributed by atoms with van der Waals surface area (Å²) in [7, 11) is 6.00. The van der Waals surface area contributed by atoms with E-state index in [-0.39, 0.29) is 5.97 Å². The molecule has 0 amide bonds. The van der Waals surface area contributed by atoms with Gasteiger partial charge in [-0.3, -0.25) is 0 Å². The Morgan fingerprint density at radius 2 is 1.85 bits per heavy atom. The molecule has 0 aromatic carbocycles. The molecule has 0 aromatic rings. The number of halogens is 1. The fraction of sp³-hybridized carbons (Fsp3) is 0.667. The summed E-state index contributed by atoms with van der Waals surface area (Å²) in [4.78, 5) is 12.6. The van der Waals surface area contributed by atoms with Crippen LogP contribution in [0.3, 0.4) is 0 Å².